The first-order chi connectivity index (χ1) is 6.79. The summed E-state index contributed by atoms with van der Waals surface area (Å²) in [4.78, 5) is 10.5. The van der Waals surface area contributed by atoms with Gasteiger partial charge in [-0.3, -0.25) is 4.68 Å². The third kappa shape index (κ3) is 1.77. The lowest BCUT2D eigenvalue weighted by atomic mass is 10.0. The van der Waals surface area contributed by atoms with Crippen LogP contribution in [0.1, 0.15) is 18.9 Å². The van der Waals surface area contributed by atoms with E-state index in [0.29, 0.717) is 11.7 Å². The number of rotatable bonds is 2. The number of nitrogens with zero attached hydrogens (tertiary/aromatic N) is 2. The van der Waals surface area contributed by atoms with Crippen LogP contribution in [-0.4, -0.2) is 28.7 Å². The number of carbonyl (C=O) groups is 1. The van der Waals surface area contributed by atoms with Crippen LogP contribution in [-0.2, 0) is 4.79 Å². The van der Waals surface area contributed by atoms with Crippen LogP contribution < -0.4 is 11.1 Å². The molecule has 76 valence electrons. The monoisotopic (exact) mass is 194 g/mol. The molecule has 3 N–H and O–H groups in total. The molecule has 5 nitrogen and oxygen atoms in total. The molecule has 0 radical (unpaired) electrons. The normalized spacial score (nSPS) is 27.4. The van der Waals surface area contributed by atoms with Crippen molar-refractivity contribution in [1.29, 1.82) is 0 Å². The van der Waals surface area contributed by atoms with Crippen LogP contribution in [0.25, 0.3) is 0 Å². The van der Waals surface area contributed by atoms with Crippen molar-refractivity contribution in [2.45, 2.75) is 24.9 Å². The first-order valence-corrected chi connectivity index (χ1v) is 4.78. The Bertz CT molecular complexity index is 314. The van der Waals surface area contributed by atoms with Crippen molar-refractivity contribution >= 4 is 12.0 Å². The summed E-state index contributed by atoms with van der Waals surface area (Å²) < 4.78 is 1.86. The molecule has 0 saturated carbocycles. The zero-order valence-corrected chi connectivity index (χ0v) is 7.89. The van der Waals surface area contributed by atoms with Crippen molar-refractivity contribution in [3.8, 4) is 0 Å². The highest BCUT2D eigenvalue weighted by Gasteiger charge is 2.21. The number of anilines is 1. The maximum Gasteiger partial charge on any atom is 0.136 e. The molecule has 1 aliphatic rings. The fraction of sp³-hybridized carbons (Fsp3) is 0.556. The van der Waals surface area contributed by atoms with Gasteiger partial charge in [0.05, 0.1) is 24.0 Å². The maximum atomic E-state index is 10.5. The second-order valence-electron chi connectivity index (χ2n) is 3.64. The van der Waals surface area contributed by atoms with E-state index in [0.717, 1.165) is 25.7 Å². The van der Waals surface area contributed by atoms with Gasteiger partial charge in [-0.05, 0) is 12.8 Å². The topological polar surface area (TPSA) is 72.9 Å². The van der Waals surface area contributed by atoms with Crippen LogP contribution in [0.5, 0.6) is 0 Å². The van der Waals surface area contributed by atoms with Crippen LogP contribution in [0.3, 0.4) is 0 Å². The van der Waals surface area contributed by atoms with Crippen LogP contribution in [0, 0.1) is 0 Å². The van der Waals surface area contributed by atoms with Gasteiger partial charge in [0, 0.05) is 12.7 Å². The molecule has 5 heteroatoms. The highest BCUT2D eigenvalue weighted by atomic mass is 16.1. The number of aromatic nitrogens is 2. The summed E-state index contributed by atoms with van der Waals surface area (Å²) in [6, 6.07) is 0.336. The number of aldehydes is 1. The number of nitrogens with one attached hydrogen (secondary N) is 1. The minimum Gasteiger partial charge on any atom is -0.396 e. The molecule has 1 aromatic rings. The Hall–Kier alpha value is -1.36. The summed E-state index contributed by atoms with van der Waals surface area (Å²) in [6.07, 6.45) is 6.28. The van der Waals surface area contributed by atoms with Crippen molar-refractivity contribution in [2.75, 3.05) is 12.3 Å². The Balaban J connectivity index is 1.98. The largest absolute Gasteiger partial charge is 0.396 e. The molecule has 2 atom stereocenters. The average Bonchev–Trinajstić information content (AvgIpc) is 2.65. The molecule has 1 fully saturated rings. The molecular weight excluding hydrogens is 180 g/mol. The first kappa shape index (κ1) is 9.21. The Morgan fingerprint density at radius 1 is 1.64 bits per heavy atom. The number of carbonyl (C=O) groups excluding carboxylic acids is 1. The van der Waals surface area contributed by atoms with Gasteiger partial charge in [-0.1, -0.05) is 0 Å². The third-order valence-corrected chi connectivity index (χ3v) is 2.59. The summed E-state index contributed by atoms with van der Waals surface area (Å²) in [7, 11) is 0. The maximum absolute atomic E-state index is 10.5. The van der Waals surface area contributed by atoms with E-state index in [1.165, 1.54) is 0 Å². The number of nitrogens with two attached hydrogens (primary N) is 1. The van der Waals surface area contributed by atoms with Gasteiger partial charge in [0.25, 0.3) is 0 Å². The van der Waals surface area contributed by atoms with Gasteiger partial charge >= 0.3 is 0 Å². The molecule has 1 saturated heterocycles. The number of nitrogen functional groups attached to an aromatic ring is 1. The Labute approximate surface area is 82.3 Å². The molecule has 0 spiro atoms. The van der Waals surface area contributed by atoms with Crippen molar-refractivity contribution in [2.24, 2.45) is 0 Å². The van der Waals surface area contributed by atoms with Gasteiger partial charge in [0.2, 0.25) is 0 Å². The smallest absolute Gasteiger partial charge is 0.136 e. The van der Waals surface area contributed by atoms with Gasteiger partial charge in [-0.25, -0.2) is 0 Å². The van der Waals surface area contributed by atoms with Gasteiger partial charge in [-0.15, -0.1) is 0 Å². The average molecular weight is 194 g/mol. The van der Waals surface area contributed by atoms with E-state index in [1.54, 1.807) is 6.20 Å². The molecule has 2 heterocycles. The van der Waals surface area contributed by atoms with Crippen LogP contribution in [0.15, 0.2) is 12.4 Å². The molecule has 2 rings (SSSR count). The first-order valence-electron chi connectivity index (χ1n) is 4.78. The third-order valence-electron chi connectivity index (χ3n) is 2.59. The second kappa shape index (κ2) is 3.79. The van der Waals surface area contributed by atoms with E-state index in [2.05, 4.69) is 10.4 Å². The SMILES string of the molecule is Nc1cnn([C@@H]2CCC(C=O)NC2)c1. The second-order valence-corrected chi connectivity index (χ2v) is 3.64. The zero-order valence-electron chi connectivity index (χ0n) is 7.89. The number of hydrogen-bond acceptors (Lipinski definition) is 4. The summed E-state index contributed by atoms with van der Waals surface area (Å²) in [6.45, 7) is 0.782. The van der Waals surface area contributed by atoms with E-state index in [9.17, 15) is 4.79 Å². The summed E-state index contributed by atoms with van der Waals surface area (Å²) in [5.41, 5.74) is 6.26. The van der Waals surface area contributed by atoms with E-state index in [4.69, 9.17) is 5.73 Å². The molecular formula is C9H14N4O. The van der Waals surface area contributed by atoms with E-state index >= 15 is 0 Å². The molecule has 1 unspecified atom stereocenters. The van der Waals surface area contributed by atoms with Crippen LogP contribution in [0.4, 0.5) is 5.69 Å². The Morgan fingerprint density at radius 2 is 2.50 bits per heavy atom. The van der Waals surface area contributed by atoms with E-state index in [-0.39, 0.29) is 6.04 Å². The molecule has 0 bridgehead atoms. The number of piperidine rings is 1. The van der Waals surface area contributed by atoms with Crippen LogP contribution in [0.2, 0.25) is 0 Å². The Kier molecular flexibility index (Phi) is 2.49. The van der Waals surface area contributed by atoms with Gasteiger partial charge in [0.15, 0.2) is 0 Å². The van der Waals surface area contributed by atoms with Crippen molar-refractivity contribution in [3.63, 3.8) is 0 Å². The van der Waals surface area contributed by atoms with Crippen molar-refractivity contribution in [1.82, 2.24) is 15.1 Å². The van der Waals surface area contributed by atoms with Gasteiger partial charge < -0.3 is 15.8 Å². The molecule has 1 aromatic heterocycles. The summed E-state index contributed by atoms with van der Waals surface area (Å²) in [5, 5.41) is 7.31. The standard InChI is InChI=1S/C9H14N4O/c10-7-3-12-13(5-7)9-2-1-8(6-14)11-4-9/h3,5-6,8-9,11H,1-2,4,10H2/t8?,9-/m1/s1. The van der Waals surface area contributed by atoms with Gasteiger partial charge in [0.1, 0.15) is 6.29 Å². The molecule has 0 aromatic carbocycles. The lowest BCUT2D eigenvalue weighted by Gasteiger charge is -2.26. The molecule has 1 aliphatic heterocycles. The lowest BCUT2D eigenvalue weighted by Crippen LogP contribution is -2.40. The fourth-order valence-electron chi connectivity index (χ4n) is 1.76. The van der Waals surface area contributed by atoms with E-state index in [1.807, 2.05) is 10.9 Å². The highest BCUT2D eigenvalue weighted by Crippen LogP contribution is 2.18. The van der Waals surface area contributed by atoms with Gasteiger partial charge in [-0.2, -0.15) is 5.10 Å². The molecule has 0 amide bonds. The minimum absolute atomic E-state index is 0.0131. The highest BCUT2D eigenvalue weighted by molar-refractivity contribution is 5.57. The summed E-state index contributed by atoms with van der Waals surface area (Å²) in [5.74, 6) is 0. The predicted octanol–water partition coefficient (Wildman–Crippen LogP) is -0.0427. The molecule has 0 aliphatic carbocycles. The summed E-state index contributed by atoms with van der Waals surface area (Å²) >= 11 is 0. The number of hydrogen-bond donors (Lipinski definition) is 2. The zero-order chi connectivity index (χ0) is 9.97. The minimum atomic E-state index is 0.0131. The van der Waals surface area contributed by atoms with E-state index < -0.39 is 0 Å². The lowest BCUT2D eigenvalue weighted by molar-refractivity contribution is -0.110. The fourth-order valence-corrected chi connectivity index (χ4v) is 1.76. The Morgan fingerprint density at radius 3 is 3.00 bits per heavy atom. The predicted molar refractivity (Wildman–Crippen MR) is 52.8 cm³/mol. The van der Waals surface area contributed by atoms with Crippen molar-refractivity contribution < 1.29 is 4.79 Å². The van der Waals surface area contributed by atoms with Crippen molar-refractivity contribution in [3.05, 3.63) is 12.4 Å². The molecule has 14 heavy (non-hydrogen) atoms. The van der Waals surface area contributed by atoms with Crippen LogP contribution >= 0.6 is 0 Å². The quantitative estimate of drug-likeness (QED) is 0.648.